The van der Waals surface area contributed by atoms with Crippen LogP contribution in [0.2, 0.25) is 0 Å². The van der Waals surface area contributed by atoms with E-state index in [2.05, 4.69) is 20.9 Å². The maximum Gasteiger partial charge on any atom is 0.243 e. The Hall–Kier alpha value is -2.32. The van der Waals surface area contributed by atoms with Gasteiger partial charge in [-0.1, -0.05) is 20.3 Å². The van der Waals surface area contributed by atoms with Crippen LogP contribution in [0.4, 0.5) is 0 Å². The van der Waals surface area contributed by atoms with Crippen LogP contribution in [-0.2, 0) is 14.4 Å². The first-order chi connectivity index (χ1) is 11.7. The van der Waals surface area contributed by atoms with Crippen molar-refractivity contribution in [2.75, 3.05) is 13.1 Å². The standard InChI is InChI=1S/C16H32N6O3/c1-5-10(3)13(21-11(4)23)15(25)22-12(14(24)19-6-2)8-7-9-20-16(17)18/h10,12-13H,5-9H2,1-4H3,(H,19,24)(H,21,23)(H,22,25)(H4,17,18,20)/t10-,12-,13-/m0/s1. The van der Waals surface area contributed by atoms with Crippen LogP contribution in [-0.4, -0.2) is 48.9 Å². The molecule has 0 saturated heterocycles. The fourth-order valence-corrected chi connectivity index (χ4v) is 2.25. The molecule has 0 aromatic rings. The van der Waals surface area contributed by atoms with Gasteiger partial charge >= 0.3 is 0 Å². The second-order valence-electron chi connectivity index (χ2n) is 5.97. The third-order valence-electron chi connectivity index (χ3n) is 3.78. The Bertz CT molecular complexity index is 476. The van der Waals surface area contributed by atoms with Crippen molar-refractivity contribution in [3.63, 3.8) is 0 Å². The van der Waals surface area contributed by atoms with Crippen LogP contribution in [0.5, 0.6) is 0 Å². The van der Waals surface area contributed by atoms with Crippen LogP contribution in [0.3, 0.4) is 0 Å². The molecule has 0 fully saturated rings. The molecule has 0 aliphatic heterocycles. The van der Waals surface area contributed by atoms with E-state index in [1.165, 1.54) is 6.92 Å². The molecule has 0 aliphatic rings. The lowest BCUT2D eigenvalue weighted by Gasteiger charge is -2.26. The number of aliphatic imine (C=N–C) groups is 1. The number of nitrogens with zero attached hydrogens (tertiary/aromatic N) is 1. The zero-order valence-electron chi connectivity index (χ0n) is 15.6. The van der Waals surface area contributed by atoms with E-state index < -0.39 is 12.1 Å². The van der Waals surface area contributed by atoms with Crippen molar-refractivity contribution in [2.45, 2.75) is 59.0 Å². The number of hydrogen-bond donors (Lipinski definition) is 5. The van der Waals surface area contributed by atoms with Gasteiger partial charge in [0.25, 0.3) is 0 Å². The van der Waals surface area contributed by atoms with Gasteiger partial charge in [-0.3, -0.25) is 19.4 Å². The Morgan fingerprint density at radius 1 is 1.08 bits per heavy atom. The van der Waals surface area contributed by atoms with E-state index in [0.29, 0.717) is 32.4 Å². The number of rotatable bonds is 11. The quantitative estimate of drug-likeness (QED) is 0.187. The van der Waals surface area contributed by atoms with E-state index in [1.807, 2.05) is 13.8 Å². The molecule has 0 spiro atoms. The van der Waals surface area contributed by atoms with E-state index in [0.717, 1.165) is 0 Å². The molecule has 0 unspecified atom stereocenters. The SMILES string of the molecule is CCNC(=O)[C@H](CCCN=C(N)N)NC(=O)[C@@H](NC(C)=O)[C@@H](C)CC. The largest absolute Gasteiger partial charge is 0.370 e. The van der Waals surface area contributed by atoms with Crippen molar-refractivity contribution in [3.8, 4) is 0 Å². The van der Waals surface area contributed by atoms with Crippen LogP contribution in [0.25, 0.3) is 0 Å². The number of nitrogens with one attached hydrogen (secondary N) is 3. The summed E-state index contributed by atoms with van der Waals surface area (Å²) in [5, 5.41) is 8.08. The summed E-state index contributed by atoms with van der Waals surface area (Å²) in [4.78, 5) is 40.0. The smallest absolute Gasteiger partial charge is 0.243 e. The van der Waals surface area contributed by atoms with Gasteiger partial charge in [0.05, 0.1) is 0 Å². The monoisotopic (exact) mass is 356 g/mol. The van der Waals surface area contributed by atoms with Gasteiger partial charge in [-0.2, -0.15) is 0 Å². The molecule has 0 radical (unpaired) electrons. The molecule has 9 nitrogen and oxygen atoms in total. The summed E-state index contributed by atoms with van der Waals surface area (Å²) < 4.78 is 0. The second-order valence-corrected chi connectivity index (χ2v) is 5.97. The van der Waals surface area contributed by atoms with Crippen LogP contribution in [0, 0.1) is 5.92 Å². The summed E-state index contributed by atoms with van der Waals surface area (Å²) in [5.74, 6) is -1.00. The maximum absolute atomic E-state index is 12.6. The second kappa shape index (κ2) is 12.1. The number of likely N-dealkylation sites (N-methyl/N-ethyl adjacent to an activating group) is 1. The summed E-state index contributed by atoms with van der Waals surface area (Å²) >= 11 is 0. The molecule has 144 valence electrons. The highest BCUT2D eigenvalue weighted by Gasteiger charge is 2.28. The van der Waals surface area contributed by atoms with Gasteiger partial charge in [-0.25, -0.2) is 0 Å². The highest BCUT2D eigenvalue weighted by Crippen LogP contribution is 2.09. The number of hydrogen-bond acceptors (Lipinski definition) is 4. The predicted molar refractivity (Wildman–Crippen MR) is 97.6 cm³/mol. The molecule has 9 heteroatoms. The maximum atomic E-state index is 12.6. The molecule has 0 heterocycles. The molecule has 0 bridgehead atoms. The average Bonchev–Trinajstić information content (AvgIpc) is 2.54. The van der Waals surface area contributed by atoms with Gasteiger partial charge < -0.3 is 27.4 Å². The van der Waals surface area contributed by atoms with Gasteiger partial charge in [0.2, 0.25) is 17.7 Å². The van der Waals surface area contributed by atoms with Crippen LogP contribution < -0.4 is 27.4 Å². The van der Waals surface area contributed by atoms with E-state index >= 15 is 0 Å². The van der Waals surface area contributed by atoms with Crippen molar-refractivity contribution in [1.29, 1.82) is 0 Å². The third-order valence-corrected chi connectivity index (χ3v) is 3.78. The van der Waals surface area contributed by atoms with E-state index in [-0.39, 0.29) is 29.6 Å². The number of amides is 3. The topological polar surface area (TPSA) is 152 Å². The lowest BCUT2D eigenvalue weighted by atomic mass is 9.97. The molecule has 0 aromatic heterocycles. The summed E-state index contributed by atoms with van der Waals surface area (Å²) in [6.07, 6.45) is 1.64. The molecule has 0 aliphatic carbocycles. The Morgan fingerprint density at radius 2 is 1.72 bits per heavy atom. The Balaban J connectivity index is 4.98. The zero-order chi connectivity index (χ0) is 19.4. The predicted octanol–water partition coefficient (Wildman–Crippen LogP) is -0.788. The Labute approximate surface area is 149 Å². The van der Waals surface area contributed by atoms with Gasteiger partial charge in [-0.15, -0.1) is 0 Å². The molecule has 3 amide bonds. The lowest BCUT2D eigenvalue weighted by Crippen LogP contribution is -2.55. The molecule has 25 heavy (non-hydrogen) atoms. The third kappa shape index (κ3) is 9.53. The molecule has 0 aromatic carbocycles. The van der Waals surface area contributed by atoms with Gasteiger partial charge in [0.1, 0.15) is 12.1 Å². The molecule has 0 saturated carbocycles. The first-order valence-electron chi connectivity index (χ1n) is 8.63. The first-order valence-corrected chi connectivity index (χ1v) is 8.63. The first kappa shape index (κ1) is 22.7. The van der Waals surface area contributed by atoms with Gasteiger partial charge in [0.15, 0.2) is 5.96 Å². The van der Waals surface area contributed by atoms with E-state index in [9.17, 15) is 14.4 Å². The van der Waals surface area contributed by atoms with Crippen molar-refractivity contribution in [3.05, 3.63) is 0 Å². The average molecular weight is 356 g/mol. The van der Waals surface area contributed by atoms with Crippen LogP contribution >= 0.6 is 0 Å². The number of nitrogens with two attached hydrogens (primary N) is 2. The minimum Gasteiger partial charge on any atom is -0.370 e. The molecule has 3 atom stereocenters. The highest BCUT2D eigenvalue weighted by molar-refractivity contribution is 5.91. The van der Waals surface area contributed by atoms with Gasteiger partial charge in [-0.05, 0) is 25.7 Å². The molecule has 0 rings (SSSR count). The Morgan fingerprint density at radius 3 is 2.20 bits per heavy atom. The number of guanidine groups is 1. The number of carbonyl (C=O) groups excluding carboxylic acids is 3. The van der Waals surface area contributed by atoms with E-state index in [4.69, 9.17) is 11.5 Å². The van der Waals surface area contributed by atoms with Crippen LogP contribution in [0.15, 0.2) is 4.99 Å². The minimum atomic E-state index is -0.707. The fraction of sp³-hybridized carbons (Fsp3) is 0.750. The highest BCUT2D eigenvalue weighted by atomic mass is 16.2. The lowest BCUT2D eigenvalue weighted by molar-refractivity contribution is -0.132. The minimum absolute atomic E-state index is 0.0129. The summed E-state index contributed by atoms with van der Waals surface area (Å²) in [7, 11) is 0. The van der Waals surface area contributed by atoms with E-state index in [1.54, 1.807) is 6.92 Å². The fourth-order valence-electron chi connectivity index (χ4n) is 2.25. The summed E-state index contributed by atoms with van der Waals surface area (Å²) in [5.41, 5.74) is 10.5. The number of carbonyl (C=O) groups is 3. The van der Waals surface area contributed by atoms with Crippen LogP contribution in [0.1, 0.15) is 47.0 Å². The van der Waals surface area contributed by atoms with Gasteiger partial charge in [0, 0.05) is 20.0 Å². The summed E-state index contributed by atoms with van der Waals surface area (Å²) in [6, 6.07) is -1.39. The zero-order valence-corrected chi connectivity index (χ0v) is 15.6. The summed E-state index contributed by atoms with van der Waals surface area (Å²) in [6.45, 7) is 7.80. The van der Waals surface area contributed by atoms with Crippen molar-refractivity contribution < 1.29 is 14.4 Å². The molecular formula is C16H32N6O3. The van der Waals surface area contributed by atoms with Crippen molar-refractivity contribution in [1.82, 2.24) is 16.0 Å². The van der Waals surface area contributed by atoms with Crippen molar-refractivity contribution >= 4 is 23.7 Å². The molecule has 7 N–H and O–H groups in total. The Kier molecular flexibility index (Phi) is 11.0. The normalized spacial score (nSPS) is 13.9. The molecular weight excluding hydrogens is 324 g/mol. The van der Waals surface area contributed by atoms with Crippen molar-refractivity contribution in [2.24, 2.45) is 22.4 Å².